The van der Waals surface area contributed by atoms with E-state index in [1.807, 2.05) is 0 Å². The molecule has 11 heavy (non-hydrogen) atoms. The monoisotopic (exact) mass is 148 g/mol. The Hall–Kier alpha value is -1.40. The van der Waals surface area contributed by atoms with Gasteiger partial charge in [-0.1, -0.05) is 11.8 Å². The van der Waals surface area contributed by atoms with Gasteiger partial charge in [-0.25, -0.2) is 9.97 Å². The molecule has 1 rings (SSSR count). The van der Waals surface area contributed by atoms with Gasteiger partial charge in [-0.3, -0.25) is 0 Å². The quantitative estimate of drug-likeness (QED) is 0.579. The van der Waals surface area contributed by atoms with Crippen LogP contribution in [0.2, 0.25) is 0 Å². The molecule has 0 aliphatic carbocycles. The summed E-state index contributed by atoms with van der Waals surface area (Å²) in [6.07, 6.45) is 5.22. The van der Waals surface area contributed by atoms with Gasteiger partial charge in [0.1, 0.15) is 6.33 Å². The smallest absolute Gasteiger partial charge is 0.115 e. The number of hydrogen-bond acceptors (Lipinski definition) is 3. The molecule has 3 nitrogen and oxygen atoms in total. The topological polar surface area (TPSA) is 46.0 Å². The summed E-state index contributed by atoms with van der Waals surface area (Å²) in [7, 11) is 0. The highest BCUT2D eigenvalue weighted by Crippen LogP contribution is 1.87. The molecule has 0 spiro atoms. The molecule has 1 aromatic rings. The third-order valence-corrected chi connectivity index (χ3v) is 1.03. The van der Waals surface area contributed by atoms with Gasteiger partial charge in [0.05, 0.1) is 12.2 Å². The van der Waals surface area contributed by atoms with Gasteiger partial charge < -0.3 is 5.11 Å². The lowest BCUT2D eigenvalue weighted by Crippen LogP contribution is -1.80. The van der Waals surface area contributed by atoms with Crippen molar-refractivity contribution in [1.82, 2.24) is 9.97 Å². The first-order chi connectivity index (χ1) is 5.43. The molecule has 0 unspecified atom stereocenters. The lowest BCUT2D eigenvalue weighted by molar-refractivity contribution is 0.305. The number of rotatable bonds is 1. The van der Waals surface area contributed by atoms with E-state index in [1.165, 1.54) is 6.33 Å². The molecular weight excluding hydrogens is 140 g/mol. The minimum absolute atomic E-state index is 0.0979. The number of aromatic nitrogens is 2. The summed E-state index contributed by atoms with van der Waals surface area (Å²) in [5, 5.41) is 8.41. The van der Waals surface area contributed by atoms with Crippen molar-refractivity contribution in [1.29, 1.82) is 0 Å². The van der Waals surface area contributed by atoms with Crippen molar-refractivity contribution in [2.75, 3.05) is 6.61 Å². The molecule has 0 saturated carbocycles. The second-order valence-electron chi connectivity index (χ2n) is 1.90. The summed E-state index contributed by atoms with van der Waals surface area (Å²) in [5.41, 5.74) is 0.779. The zero-order valence-electron chi connectivity index (χ0n) is 5.99. The van der Waals surface area contributed by atoms with Crippen LogP contribution in [0.25, 0.3) is 0 Å². The van der Waals surface area contributed by atoms with Gasteiger partial charge in [0.25, 0.3) is 0 Å². The summed E-state index contributed by atoms with van der Waals surface area (Å²) in [4.78, 5) is 7.57. The maximum atomic E-state index is 8.41. The van der Waals surface area contributed by atoms with Crippen molar-refractivity contribution in [3.8, 4) is 11.8 Å². The Kier molecular flexibility index (Phi) is 3.10. The number of aliphatic hydroxyl groups excluding tert-OH is 1. The van der Waals surface area contributed by atoms with Gasteiger partial charge >= 0.3 is 0 Å². The van der Waals surface area contributed by atoms with Gasteiger partial charge in [0.15, 0.2) is 0 Å². The molecule has 0 saturated heterocycles. The van der Waals surface area contributed by atoms with Crippen LogP contribution in [0, 0.1) is 11.8 Å². The van der Waals surface area contributed by atoms with E-state index < -0.39 is 0 Å². The van der Waals surface area contributed by atoms with E-state index in [4.69, 9.17) is 5.11 Å². The Morgan fingerprint density at radius 3 is 2.73 bits per heavy atom. The summed E-state index contributed by atoms with van der Waals surface area (Å²) in [6, 6.07) is 0. The van der Waals surface area contributed by atoms with Crippen molar-refractivity contribution in [3.05, 3.63) is 24.3 Å². The fraction of sp³-hybridized carbons (Fsp3) is 0.250. The highest BCUT2D eigenvalue weighted by atomic mass is 16.2. The van der Waals surface area contributed by atoms with Gasteiger partial charge in [-0.05, 0) is 0 Å². The molecule has 0 aliphatic rings. The molecule has 0 fully saturated rings. The number of hydrogen-bond donors (Lipinski definition) is 1. The third-order valence-electron chi connectivity index (χ3n) is 1.03. The molecule has 0 bridgehead atoms. The largest absolute Gasteiger partial charge is 0.395 e. The minimum Gasteiger partial charge on any atom is -0.395 e. The molecule has 1 aromatic heterocycles. The zero-order valence-corrected chi connectivity index (χ0v) is 5.99. The normalized spacial score (nSPS) is 8.45. The number of aliphatic hydroxyl groups is 1. The number of nitrogens with zero attached hydrogens (tertiary/aromatic N) is 2. The van der Waals surface area contributed by atoms with Crippen molar-refractivity contribution in [2.24, 2.45) is 0 Å². The van der Waals surface area contributed by atoms with Crippen LogP contribution >= 0.6 is 0 Å². The van der Waals surface area contributed by atoms with Crippen molar-refractivity contribution >= 4 is 0 Å². The van der Waals surface area contributed by atoms with E-state index >= 15 is 0 Å². The van der Waals surface area contributed by atoms with E-state index in [1.54, 1.807) is 12.4 Å². The highest BCUT2D eigenvalue weighted by Gasteiger charge is 1.81. The summed E-state index contributed by atoms with van der Waals surface area (Å²) in [5.74, 6) is 5.58. The van der Waals surface area contributed by atoms with Crippen LogP contribution in [0.15, 0.2) is 18.7 Å². The lowest BCUT2D eigenvalue weighted by Gasteiger charge is -1.84. The standard InChI is InChI=1S/C8H8N2O/c11-4-2-1-3-8-5-9-7-10-6-8/h5-7,11H,2,4H2. The Morgan fingerprint density at radius 1 is 1.36 bits per heavy atom. The van der Waals surface area contributed by atoms with Crippen molar-refractivity contribution < 1.29 is 5.11 Å². The van der Waals surface area contributed by atoms with Crippen LogP contribution in [0.1, 0.15) is 12.0 Å². The summed E-state index contributed by atoms with van der Waals surface area (Å²) in [6.45, 7) is 0.0979. The molecule has 1 N–H and O–H groups in total. The Balaban J connectivity index is 2.59. The maximum absolute atomic E-state index is 8.41. The molecule has 0 radical (unpaired) electrons. The van der Waals surface area contributed by atoms with Crippen LogP contribution < -0.4 is 0 Å². The van der Waals surface area contributed by atoms with Gasteiger partial charge in [0.2, 0.25) is 0 Å². The Bertz CT molecular complexity index is 260. The van der Waals surface area contributed by atoms with Gasteiger partial charge in [0, 0.05) is 18.8 Å². The van der Waals surface area contributed by atoms with E-state index in [-0.39, 0.29) is 6.61 Å². The van der Waals surface area contributed by atoms with Crippen molar-refractivity contribution in [2.45, 2.75) is 6.42 Å². The molecule has 0 atom stereocenters. The van der Waals surface area contributed by atoms with Crippen LogP contribution in [-0.4, -0.2) is 21.7 Å². The molecule has 1 heterocycles. The molecule has 0 amide bonds. The predicted octanol–water partition coefficient (Wildman–Crippen LogP) is 0.210. The van der Waals surface area contributed by atoms with Crippen molar-refractivity contribution in [3.63, 3.8) is 0 Å². The van der Waals surface area contributed by atoms with E-state index in [9.17, 15) is 0 Å². The lowest BCUT2D eigenvalue weighted by atomic mass is 10.3. The van der Waals surface area contributed by atoms with Crippen LogP contribution in [0.4, 0.5) is 0 Å². The first-order valence-electron chi connectivity index (χ1n) is 3.28. The second-order valence-corrected chi connectivity index (χ2v) is 1.90. The average molecular weight is 148 g/mol. The zero-order chi connectivity index (χ0) is 7.94. The molecule has 56 valence electrons. The highest BCUT2D eigenvalue weighted by molar-refractivity contribution is 5.28. The van der Waals surface area contributed by atoms with Crippen LogP contribution in [0.5, 0.6) is 0 Å². The maximum Gasteiger partial charge on any atom is 0.115 e. The fourth-order valence-corrected chi connectivity index (χ4v) is 0.584. The summed E-state index contributed by atoms with van der Waals surface area (Å²) < 4.78 is 0. The van der Waals surface area contributed by atoms with Crippen LogP contribution in [0.3, 0.4) is 0 Å². The molecule has 0 aliphatic heterocycles. The van der Waals surface area contributed by atoms with E-state index in [2.05, 4.69) is 21.8 Å². The predicted molar refractivity (Wildman–Crippen MR) is 40.6 cm³/mol. The van der Waals surface area contributed by atoms with E-state index in [0.29, 0.717) is 6.42 Å². The molecular formula is C8H8N2O. The van der Waals surface area contributed by atoms with E-state index in [0.717, 1.165) is 5.56 Å². The van der Waals surface area contributed by atoms with Gasteiger partial charge in [-0.15, -0.1) is 0 Å². The Labute approximate surface area is 65.1 Å². The first-order valence-corrected chi connectivity index (χ1v) is 3.28. The SMILES string of the molecule is OCCC#Cc1cncnc1. The summed E-state index contributed by atoms with van der Waals surface area (Å²) >= 11 is 0. The molecule has 0 aromatic carbocycles. The van der Waals surface area contributed by atoms with Gasteiger partial charge in [-0.2, -0.15) is 0 Å². The first kappa shape index (κ1) is 7.70. The second kappa shape index (κ2) is 4.42. The fourth-order valence-electron chi connectivity index (χ4n) is 0.584. The minimum atomic E-state index is 0.0979. The average Bonchev–Trinajstić information content (AvgIpc) is 2.07. The van der Waals surface area contributed by atoms with Crippen LogP contribution in [-0.2, 0) is 0 Å². The Morgan fingerprint density at radius 2 is 2.09 bits per heavy atom. The third kappa shape index (κ3) is 2.78. The molecule has 3 heteroatoms.